The smallest absolute Gasteiger partial charge is 0.305 e. The highest BCUT2D eigenvalue weighted by molar-refractivity contribution is 9.10. The van der Waals surface area contributed by atoms with E-state index in [2.05, 4.69) is 36.8 Å². The van der Waals surface area contributed by atoms with E-state index < -0.39 is 17.1 Å². The fourth-order valence-corrected chi connectivity index (χ4v) is 4.12. The van der Waals surface area contributed by atoms with Crippen LogP contribution >= 0.6 is 27.7 Å². The van der Waals surface area contributed by atoms with Gasteiger partial charge in [-0.2, -0.15) is 5.10 Å². The Bertz CT molecular complexity index is 1130. The van der Waals surface area contributed by atoms with Gasteiger partial charge in [0.1, 0.15) is 5.25 Å². The van der Waals surface area contributed by atoms with Crippen LogP contribution in [0.4, 0.5) is 5.69 Å². The number of ether oxygens (including phenoxy) is 2. The quantitative estimate of drug-likeness (QED) is 0.306. The molecule has 1 atom stereocenters. The third-order valence-electron chi connectivity index (χ3n) is 4.26. The zero-order chi connectivity index (χ0) is 24.5. The fourth-order valence-electron chi connectivity index (χ4n) is 2.78. The summed E-state index contributed by atoms with van der Waals surface area (Å²) in [5, 5.41) is 21.5. The molecule has 0 saturated carbocycles. The summed E-state index contributed by atoms with van der Waals surface area (Å²) in [5.41, 5.74) is 1.28. The summed E-state index contributed by atoms with van der Waals surface area (Å²) in [6.07, 6.45) is 1.15. The second kappa shape index (κ2) is 12.2. The molecule has 1 aliphatic rings. The highest BCUT2D eigenvalue weighted by Crippen LogP contribution is 2.33. The molecule has 2 aromatic carbocycles. The van der Waals surface area contributed by atoms with E-state index in [9.17, 15) is 14.4 Å². The lowest BCUT2D eigenvalue weighted by Crippen LogP contribution is -2.26. The van der Waals surface area contributed by atoms with E-state index in [0.29, 0.717) is 33.8 Å². The molecule has 1 heterocycles. The summed E-state index contributed by atoms with van der Waals surface area (Å²) in [5.74, 6) is -1.01. The second-order valence-corrected chi connectivity index (χ2v) is 8.85. The lowest BCUT2D eigenvalue weighted by Gasteiger charge is -2.13. The van der Waals surface area contributed by atoms with Gasteiger partial charge < -0.3 is 25.2 Å². The van der Waals surface area contributed by atoms with Crippen LogP contribution in [0, 0.1) is 0 Å². The van der Waals surface area contributed by atoms with Crippen LogP contribution in [0.1, 0.15) is 18.9 Å². The summed E-state index contributed by atoms with van der Waals surface area (Å²) in [6.45, 7) is 1.98. The van der Waals surface area contributed by atoms with E-state index in [1.54, 1.807) is 24.3 Å². The number of carbonyl (C=O) groups is 3. The number of para-hydroxylation sites is 1. The van der Waals surface area contributed by atoms with Crippen molar-refractivity contribution >= 4 is 62.5 Å². The molecule has 12 heteroatoms. The SMILES string of the molecule is CCOc1cc(C=NN=C2NC(=O)C(CC(=O)O)S2)c(Br)cc1OCC(=O)Nc1ccccc1. The maximum atomic E-state index is 12.2. The van der Waals surface area contributed by atoms with Crippen molar-refractivity contribution in [1.29, 1.82) is 0 Å². The Balaban J connectivity index is 1.66. The molecule has 3 rings (SSSR count). The van der Waals surface area contributed by atoms with E-state index >= 15 is 0 Å². The number of rotatable bonds is 10. The molecule has 34 heavy (non-hydrogen) atoms. The third-order valence-corrected chi connectivity index (χ3v) is 6.02. The van der Waals surface area contributed by atoms with Gasteiger partial charge in [0.15, 0.2) is 23.3 Å². The standard InChI is InChI=1S/C22H21BrN4O6S/c1-2-32-16-8-13(11-24-27-22-26-21(31)18(34-22)10-20(29)30)15(23)9-17(16)33-12-19(28)25-14-6-4-3-5-7-14/h3-9,11,18H,2,10,12H2,1H3,(H,25,28)(H,29,30)(H,26,27,31). The molecule has 0 radical (unpaired) electrons. The zero-order valence-electron chi connectivity index (χ0n) is 18.0. The average molecular weight is 549 g/mol. The van der Waals surface area contributed by atoms with Crippen LogP contribution in [0.15, 0.2) is 57.1 Å². The lowest BCUT2D eigenvalue weighted by atomic mass is 10.2. The van der Waals surface area contributed by atoms with Gasteiger partial charge in [-0.3, -0.25) is 14.4 Å². The molecule has 0 bridgehead atoms. The molecule has 1 fully saturated rings. The van der Waals surface area contributed by atoms with Crippen LogP contribution in [-0.2, 0) is 14.4 Å². The number of carboxylic acids is 1. The minimum Gasteiger partial charge on any atom is -0.490 e. The highest BCUT2D eigenvalue weighted by atomic mass is 79.9. The van der Waals surface area contributed by atoms with Crippen molar-refractivity contribution in [3.63, 3.8) is 0 Å². The minimum absolute atomic E-state index is 0.211. The van der Waals surface area contributed by atoms with Gasteiger partial charge >= 0.3 is 5.97 Å². The number of carbonyl (C=O) groups excluding carboxylic acids is 2. The molecule has 1 aliphatic heterocycles. The van der Waals surface area contributed by atoms with Crippen LogP contribution in [-0.4, -0.2) is 52.7 Å². The van der Waals surface area contributed by atoms with Crippen molar-refractivity contribution in [1.82, 2.24) is 5.32 Å². The van der Waals surface area contributed by atoms with Crippen LogP contribution < -0.4 is 20.1 Å². The molecule has 0 aromatic heterocycles. The van der Waals surface area contributed by atoms with Crippen LogP contribution in [0.5, 0.6) is 11.5 Å². The maximum absolute atomic E-state index is 12.2. The third kappa shape index (κ3) is 7.32. The number of anilines is 1. The van der Waals surface area contributed by atoms with E-state index in [1.807, 2.05) is 25.1 Å². The normalized spacial score (nSPS) is 16.5. The molecular weight excluding hydrogens is 528 g/mol. The Morgan fingerprint density at radius 3 is 2.68 bits per heavy atom. The molecule has 1 saturated heterocycles. The van der Waals surface area contributed by atoms with Crippen molar-refractivity contribution in [2.24, 2.45) is 10.2 Å². The number of amides is 2. The molecule has 0 aliphatic carbocycles. The van der Waals surface area contributed by atoms with E-state index in [0.717, 1.165) is 11.8 Å². The number of hydrogen-bond acceptors (Lipinski definition) is 8. The van der Waals surface area contributed by atoms with E-state index in [1.165, 1.54) is 6.21 Å². The number of carboxylic acid groups (broad SMARTS) is 1. The number of amidine groups is 1. The first-order valence-corrected chi connectivity index (χ1v) is 11.8. The number of benzene rings is 2. The van der Waals surface area contributed by atoms with Crippen molar-refractivity contribution in [3.8, 4) is 11.5 Å². The van der Waals surface area contributed by atoms with Crippen molar-refractivity contribution in [3.05, 3.63) is 52.5 Å². The first-order valence-electron chi connectivity index (χ1n) is 10.1. The van der Waals surface area contributed by atoms with Gasteiger partial charge in [0, 0.05) is 15.7 Å². The predicted molar refractivity (Wildman–Crippen MR) is 133 cm³/mol. The first kappa shape index (κ1) is 25.2. The predicted octanol–water partition coefficient (Wildman–Crippen LogP) is 3.26. The lowest BCUT2D eigenvalue weighted by molar-refractivity contribution is -0.138. The Kier molecular flexibility index (Phi) is 9.05. The second-order valence-electron chi connectivity index (χ2n) is 6.80. The summed E-state index contributed by atoms with van der Waals surface area (Å²) in [7, 11) is 0. The monoisotopic (exact) mass is 548 g/mol. The van der Waals surface area contributed by atoms with Gasteiger partial charge in [0.25, 0.3) is 5.91 Å². The largest absolute Gasteiger partial charge is 0.490 e. The molecule has 1 unspecified atom stereocenters. The van der Waals surface area contributed by atoms with E-state index in [-0.39, 0.29) is 24.1 Å². The number of halogens is 1. The number of thioether (sulfide) groups is 1. The Hall–Kier alpha value is -3.38. The summed E-state index contributed by atoms with van der Waals surface area (Å²) < 4.78 is 11.9. The molecule has 2 amide bonds. The summed E-state index contributed by atoms with van der Waals surface area (Å²) in [6, 6.07) is 12.4. The summed E-state index contributed by atoms with van der Waals surface area (Å²) >= 11 is 4.45. The van der Waals surface area contributed by atoms with Gasteiger partial charge in [0.2, 0.25) is 5.91 Å². The molecular formula is C22H21BrN4O6S. The van der Waals surface area contributed by atoms with Crippen molar-refractivity contribution in [2.45, 2.75) is 18.6 Å². The highest BCUT2D eigenvalue weighted by Gasteiger charge is 2.32. The van der Waals surface area contributed by atoms with Crippen molar-refractivity contribution in [2.75, 3.05) is 18.5 Å². The molecule has 3 N–H and O–H groups in total. The summed E-state index contributed by atoms with van der Waals surface area (Å²) in [4.78, 5) is 34.8. The maximum Gasteiger partial charge on any atom is 0.305 e. The van der Waals surface area contributed by atoms with Crippen LogP contribution in [0.25, 0.3) is 0 Å². The average Bonchev–Trinajstić information content (AvgIpc) is 3.13. The number of nitrogens with zero attached hydrogens (tertiary/aromatic N) is 2. The molecule has 178 valence electrons. The number of hydrogen-bond donors (Lipinski definition) is 3. The zero-order valence-corrected chi connectivity index (χ0v) is 20.4. The van der Waals surface area contributed by atoms with Crippen LogP contribution in [0.3, 0.4) is 0 Å². The molecule has 2 aromatic rings. The number of nitrogens with one attached hydrogen (secondary N) is 2. The number of aliphatic carboxylic acids is 1. The van der Waals surface area contributed by atoms with Gasteiger partial charge in [-0.25, -0.2) is 0 Å². The Morgan fingerprint density at radius 1 is 1.24 bits per heavy atom. The van der Waals surface area contributed by atoms with E-state index in [4.69, 9.17) is 14.6 Å². The minimum atomic E-state index is -1.07. The van der Waals surface area contributed by atoms with Gasteiger partial charge in [0.05, 0.1) is 19.2 Å². The topological polar surface area (TPSA) is 139 Å². The van der Waals surface area contributed by atoms with Crippen LogP contribution in [0.2, 0.25) is 0 Å². The first-order chi connectivity index (χ1) is 16.4. The van der Waals surface area contributed by atoms with Crippen molar-refractivity contribution < 1.29 is 29.0 Å². The Labute approximate surface area is 207 Å². The molecule has 10 nitrogen and oxygen atoms in total. The Morgan fingerprint density at radius 2 is 1.97 bits per heavy atom. The molecule has 0 spiro atoms. The van der Waals surface area contributed by atoms with Gasteiger partial charge in [-0.05, 0) is 47.1 Å². The van der Waals surface area contributed by atoms with Gasteiger partial charge in [-0.15, -0.1) is 5.10 Å². The van der Waals surface area contributed by atoms with Gasteiger partial charge in [-0.1, -0.05) is 30.0 Å². The fraction of sp³-hybridized carbons (Fsp3) is 0.227.